The van der Waals surface area contributed by atoms with Crippen molar-refractivity contribution in [1.82, 2.24) is 4.90 Å². The molecule has 1 aromatic carbocycles. The van der Waals surface area contributed by atoms with Crippen LogP contribution in [0.15, 0.2) is 46.5 Å². The predicted octanol–water partition coefficient (Wildman–Crippen LogP) is 0.761. The summed E-state index contributed by atoms with van der Waals surface area (Å²) in [6.45, 7) is 1.37. The summed E-state index contributed by atoms with van der Waals surface area (Å²) in [6, 6.07) is 4.70. The molecule has 0 spiro atoms. The van der Waals surface area contributed by atoms with Crippen LogP contribution in [0.4, 0.5) is 5.69 Å². The third-order valence-electron chi connectivity index (χ3n) is 4.33. The molecule has 0 atom stereocenters. The van der Waals surface area contributed by atoms with Crippen LogP contribution in [0.5, 0.6) is 0 Å². The molecule has 0 aromatic heterocycles. The van der Waals surface area contributed by atoms with E-state index in [1.54, 1.807) is 19.1 Å². The van der Waals surface area contributed by atoms with E-state index in [2.05, 4.69) is 14.5 Å². The van der Waals surface area contributed by atoms with E-state index in [1.165, 1.54) is 36.4 Å². The van der Waals surface area contributed by atoms with Crippen LogP contribution in [0, 0.1) is 6.92 Å². The quantitative estimate of drug-likeness (QED) is 0.674. The minimum Gasteiger partial charge on any atom is -0.465 e. The highest BCUT2D eigenvalue weighted by atomic mass is 32.2. The molecule has 2 aliphatic heterocycles. The van der Waals surface area contributed by atoms with Gasteiger partial charge in [0.15, 0.2) is 6.61 Å². The second kappa shape index (κ2) is 8.49. The highest BCUT2D eigenvalue weighted by Gasteiger charge is 2.25. The Bertz CT molecular complexity index is 1100. The van der Waals surface area contributed by atoms with E-state index in [4.69, 9.17) is 4.74 Å². The van der Waals surface area contributed by atoms with E-state index >= 15 is 0 Å². The number of fused-ring (bicyclic) bond motifs is 1. The Labute approximate surface area is 172 Å². The molecule has 0 aliphatic carbocycles. The Hall–Kier alpha value is -3.47. The number of amides is 1. The van der Waals surface area contributed by atoms with Gasteiger partial charge in [-0.05, 0) is 36.8 Å². The van der Waals surface area contributed by atoms with Crippen molar-refractivity contribution in [3.05, 3.63) is 53.3 Å². The molecule has 158 valence electrons. The van der Waals surface area contributed by atoms with Gasteiger partial charge in [-0.15, -0.1) is 4.40 Å². The number of anilines is 1. The molecule has 0 unspecified atom stereocenters. The maximum Gasteiger partial charge on any atom is 0.340 e. The fourth-order valence-electron chi connectivity index (χ4n) is 2.72. The highest BCUT2D eigenvalue weighted by molar-refractivity contribution is 7.90. The number of hydrogen-bond donors (Lipinski definition) is 1. The number of rotatable bonds is 5. The van der Waals surface area contributed by atoms with Gasteiger partial charge in [0.25, 0.3) is 15.9 Å². The maximum atomic E-state index is 12.2. The lowest BCUT2D eigenvalue weighted by molar-refractivity contribution is -0.143. The Morgan fingerprint density at radius 1 is 1.20 bits per heavy atom. The van der Waals surface area contributed by atoms with Crippen molar-refractivity contribution in [3.8, 4) is 0 Å². The van der Waals surface area contributed by atoms with Crippen LogP contribution in [-0.2, 0) is 29.1 Å². The number of carbonyl (C=O) groups is 3. The number of nitrogens with zero attached hydrogens (tertiary/aromatic N) is 2. The molecule has 30 heavy (non-hydrogen) atoms. The first kappa shape index (κ1) is 21.2. The summed E-state index contributed by atoms with van der Waals surface area (Å²) in [6.07, 6.45) is 4.20. The number of amidine groups is 1. The molecule has 0 fully saturated rings. The van der Waals surface area contributed by atoms with E-state index in [1.807, 2.05) is 0 Å². The fourth-order valence-corrected chi connectivity index (χ4v) is 3.69. The first-order valence-corrected chi connectivity index (χ1v) is 10.4. The van der Waals surface area contributed by atoms with Gasteiger partial charge in [0, 0.05) is 18.4 Å². The number of benzene rings is 1. The number of nitrogens with one attached hydrogen (secondary N) is 1. The van der Waals surface area contributed by atoms with Crippen LogP contribution in [0.25, 0.3) is 0 Å². The van der Waals surface area contributed by atoms with Gasteiger partial charge in [-0.3, -0.25) is 4.79 Å². The molecule has 10 nitrogen and oxygen atoms in total. The van der Waals surface area contributed by atoms with Crippen LogP contribution in [-0.4, -0.2) is 63.0 Å². The maximum absolute atomic E-state index is 12.2. The smallest absolute Gasteiger partial charge is 0.340 e. The van der Waals surface area contributed by atoms with Gasteiger partial charge in [0.2, 0.25) is 0 Å². The zero-order chi connectivity index (χ0) is 21.9. The van der Waals surface area contributed by atoms with Crippen LogP contribution in [0.3, 0.4) is 0 Å². The largest absolute Gasteiger partial charge is 0.465 e. The molecule has 1 aromatic rings. The lowest BCUT2D eigenvalue weighted by Gasteiger charge is -2.26. The SMILES string of the molecule is COC(=O)c1ccc(C)c(NC(=O)COC(=O)C2=CN3CCS(=O)(=O)N=C3C=C2)c1. The summed E-state index contributed by atoms with van der Waals surface area (Å²) >= 11 is 0. The summed E-state index contributed by atoms with van der Waals surface area (Å²) in [7, 11) is -2.23. The molecular weight excluding hydrogens is 414 g/mol. The van der Waals surface area contributed by atoms with Crippen molar-refractivity contribution in [2.75, 3.05) is 31.3 Å². The normalized spacial score (nSPS) is 16.7. The number of hydrogen-bond acceptors (Lipinski definition) is 8. The van der Waals surface area contributed by atoms with Crippen LogP contribution >= 0.6 is 0 Å². The zero-order valence-corrected chi connectivity index (χ0v) is 17.1. The van der Waals surface area contributed by atoms with Crippen molar-refractivity contribution in [2.24, 2.45) is 4.40 Å². The summed E-state index contributed by atoms with van der Waals surface area (Å²) in [5.74, 6) is -1.80. The highest BCUT2D eigenvalue weighted by Crippen LogP contribution is 2.18. The van der Waals surface area contributed by atoms with E-state index in [0.717, 1.165) is 0 Å². The average Bonchev–Trinajstić information content (AvgIpc) is 2.72. The third kappa shape index (κ3) is 4.92. The second-order valence-electron chi connectivity index (χ2n) is 6.49. The predicted molar refractivity (Wildman–Crippen MR) is 107 cm³/mol. The molecular formula is C19H19N3O7S. The molecule has 0 bridgehead atoms. The number of carbonyl (C=O) groups excluding carboxylic acids is 3. The summed E-state index contributed by atoms with van der Waals surface area (Å²) in [4.78, 5) is 37.6. The lowest BCUT2D eigenvalue weighted by Crippen LogP contribution is -2.37. The van der Waals surface area contributed by atoms with Gasteiger partial charge >= 0.3 is 11.9 Å². The molecule has 11 heteroatoms. The third-order valence-corrected chi connectivity index (χ3v) is 5.49. The number of esters is 2. The summed E-state index contributed by atoms with van der Waals surface area (Å²) in [5.41, 5.74) is 1.54. The first-order valence-electron chi connectivity index (χ1n) is 8.83. The summed E-state index contributed by atoms with van der Waals surface area (Å²) < 4.78 is 36.3. The van der Waals surface area contributed by atoms with E-state index in [9.17, 15) is 22.8 Å². The van der Waals surface area contributed by atoms with Crippen LogP contribution in [0.1, 0.15) is 15.9 Å². The molecule has 0 saturated heterocycles. The Morgan fingerprint density at radius 3 is 2.70 bits per heavy atom. The lowest BCUT2D eigenvalue weighted by atomic mass is 10.1. The van der Waals surface area contributed by atoms with Crippen LogP contribution < -0.4 is 5.32 Å². The van der Waals surface area contributed by atoms with Gasteiger partial charge in [-0.1, -0.05) is 6.07 Å². The van der Waals surface area contributed by atoms with E-state index in [-0.39, 0.29) is 29.3 Å². The van der Waals surface area contributed by atoms with Gasteiger partial charge in [-0.25, -0.2) is 18.0 Å². The number of ether oxygens (including phenoxy) is 2. The fraction of sp³-hybridized carbons (Fsp3) is 0.263. The number of sulfonamides is 1. The molecule has 0 saturated carbocycles. The monoisotopic (exact) mass is 433 g/mol. The topological polar surface area (TPSA) is 131 Å². The molecule has 2 heterocycles. The van der Waals surface area contributed by atoms with Crippen LogP contribution in [0.2, 0.25) is 0 Å². The second-order valence-corrected chi connectivity index (χ2v) is 8.25. The Morgan fingerprint density at radius 2 is 1.97 bits per heavy atom. The molecule has 2 aliphatic rings. The number of methoxy groups -OCH3 is 1. The first-order chi connectivity index (χ1) is 14.2. The van der Waals surface area contributed by atoms with Crippen molar-refractivity contribution in [1.29, 1.82) is 0 Å². The van der Waals surface area contributed by atoms with Crippen molar-refractivity contribution >= 4 is 39.4 Å². The van der Waals surface area contributed by atoms with Gasteiger partial charge in [0.05, 0.1) is 24.0 Å². The minimum atomic E-state index is -3.49. The standard InChI is InChI=1S/C19H19N3O7S/c1-12-3-4-13(18(24)28-2)9-15(12)20-17(23)11-29-19(25)14-5-6-16-21-30(26,27)8-7-22(16)10-14/h3-6,9-10H,7-8,11H2,1-2H3,(H,20,23). The van der Waals surface area contributed by atoms with Gasteiger partial charge in [-0.2, -0.15) is 0 Å². The minimum absolute atomic E-state index is 0.157. The number of aryl methyl sites for hydroxylation is 1. The van der Waals surface area contributed by atoms with E-state index < -0.39 is 34.5 Å². The molecule has 0 radical (unpaired) electrons. The Balaban J connectivity index is 1.60. The Kier molecular flexibility index (Phi) is 6.01. The van der Waals surface area contributed by atoms with E-state index in [0.29, 0.717) is 11.3 Å². The van der Waals surface area contributed by atoms with Crippen molar-refractivity contribution in [3.63, 3.8) is 0 Å². The van der Waals surface area contributed by atoms with Gasteiger partial charge in [0.1, 0.15) is 5.84 Å². The molecule has 1 N–H and O–H groups in total. The summed E-state index contributed by atoms with van der Waals surface area (Å²) in [5, 5.41) is 2.58. The molecule has 3 rings (SSSR count). The van der Waals surface area contributed by atoms with Crippen molar-refractivity contribution < 1.29 is 32.3 Å². The average molecular weight is 433 g/mol. The van der Waals surface area contributed by atoms with Crippen molar-refractivity contribution in [2.45, 2.75) is 6.92 Å². The zero-order valence-electron chi connectivity index (χ0n) is 16.2. The van der Waals surface area contributed by atoms with Gasteiger partial charge < -0.3 is 19.7 Å². The molecule has 1 amide bonds.